The number of alkyl carbamates (subject to hydrolysis) is 2. The van der Waals surface area contributed by atoms with Gasteiger partial charge in [0.25, 0.3) is 5.56 Å². The molecule has 0 radical (unpaired) electrons. The summed E-state index contributed by atoms with van der Waals surface area (Å²) in [6.07, 6.45) is 1.80. The number of nitrogens with one attached hydrogen (secondary N) is 2. The average molecular weight is 613 g/mol. The van der Waals surface area contributed by atoms with E-state index >= 15 is 0 Å². The van der Waals surface area contributed by atoms with Crippen molar-refractivity contribution in [2.45, 2.75) is 84.0 Å². The van der Waals surface area contributed by atoms with Gasteiger partial charge in [0, 0.05) is 54.8 Å². The summed E-state index contributed by atoms with van der Waals surface area (Å²) in [5.74, 6) is 0.365. The van der Waals surface area contributed by atoms with Crippen LogP contribution in [0.3, 0.4) is 0 Å². The number of likely N-dealkylation sites (tertiary alicyclic amines) is 1. The molecule has 2 N–H and O–H groups in total. The molecule has 1 atom stereocenters. The third-order valence-corrected chi connectivity index (χ3v) is 8.06. The van der Waals surface area contributed by atoms with E-state index in [0.29, 0.717) is 48.5 Å². The lowest BCUT2D eigenvalue weighted by molar-refractivity contribution is 0.0523. The first-order valence-electron chi connectivity index (χ1n) is 15.3. The lowest BCUT2D eigenvalue weighted by Gasteiger charge is -2.31. The zero-order valence-corrected chi connectivity index (χ0v) is 25.8. The van der Waals surface area contributed by atoms with E-state index in [1.165, 1.54) is 12.1 Å². The van der Waals surface area contributed by atoms with E-state index in [4.69, 9.17) is 19.0 Å². The van der Waals surface area contributed by atoms with Crippen LogP contribution in [-0.2, 0) is 22.4 Å². The number of aryl methyl sites for hydroxylation is 1. The molecule has 2 aliphatic rings. The normalized spacial score (nSPS) is 17.7. The molecule has 238 valence electrons. The molecular weight excluding hydrogens is 571 g/mol. The fourth-order valence-corrected chi connectivity index (χ4v) is 5.89. The minimum Gasteiger partial charge on any atom is -0.444 e. The molecule has 0 spiro atoms. The van der Waals surface area contributed by atoms with Crippen molar-refractivity contribution in [2.24, 2.45) is 0 Å². The van der Waals surface area contributed by atoms with Crippen LogP contribution in [0.25, 0.3) is 11.0 Å². The number of amides is 2. The van der Waals surface area contributed by atoms with Crippen molar-refractivity contribution in [2.75, 3.05) is 32.7 Å². The maximum Gasteiger partial charge on any atom is 0.407 e. The van der Waals surface area contributed by atoms with Gasteiger partial charge >= 0.3 is 12.2 Å². The highest BCUT2D eigenvalue weighted by molar-refractivity contribution is 5.80. The van der Waals surface area contributed by atoms with Crippen LogP contribution in [0.1, 0.15) is 81.3 Å². The van der Waals surface area contributed by atoms with Crippen LogP contribution in [0.2, 0.25) is 0 Å². The second-order valence-corrected chi connectivity index (χ2v) is 12.5. The molecule has 2 aliphatic heterocycles. The molecule has 2 aromatic heterocycles. The topological polar surface area (TPSA) is 141 Å². The minimum atomic E-state index is -0.639. The number of fused-ring (bicyclic) bond motifs is 2. The molecule has 1 saturated heterocycles. The molecule has 1 unspecified atom stereocenters. The molecule has 0 bridgehead atoms. The highest BCUT2D eigenvalue weighted by atomic mass is 19.1. The van der Waals surface area contributed by atoms with E-state index in [9.17, 15) is 18.8 Å². The molecule has 12 nitrogen and oxygen atoms in total. The third kappa shape index (κ3) is 7.55. The summed E-state index contributed by atoms with van der Waals surface area (Å²) in [5.41, 5.74) is 1.99. The number of hydrogen-bond acceptors (Lipinski definition) is 9. The second-order valence-electron chi connectivity index (χ2n) is 12.5. The number of piperidine rings is 1. The first-order chi connectivity index (χ1) is 21.0. The average Bonchev–Trinajstić information content (AvgIpc) is 3.38. The Morgan fingerprint density at radius 1 is 1.09 bits per heavy atom. The maximum atomic E-state index is 13.5. The van der Waals surface area contributed by atoms with Gasteiger partial charge in [0.2, 0.25) is 0 Å². The van der Waals surface area contributed by atoms with Gasteiger partial charge in [-0.15, -0.1) is 0 Å². The second kappa shape index (κ2) is 13.3. The Balaban J connectivity index is 1.12. The van der Waals surface area contributed by atoms with Crippen molar-refractivity contribution < 1.29 is 28.0 Å². The number of benzene rings is 1. The van der Waals surface area contributed by atoms with Gasteiger partial charge in [-0.2, -0.15) is 0 Å². The third-order valence-electron chi connectivity index (χ3n) is 8.06. The predicted octanol–water partition coefficient (Wildman–Crippen LogP) is 4.34. The molecule has 1 aromatic carbocycles. The van der Waals surface area contributed by atoms with Gasteiger partial charge in [0.1, 0.15) is 11.4 Å². The molecule has 13 heteroatoms. The highest BCUT2D eigenvalue weighted by Crippen LogP contribution is 2.33. The van der Waals surface area contributed by atoms with E-state index in [1.54, 1.807) is 31.4 Å². The van der Waals surface area contributed by atoms with Crippen LogP contribution < -0.4 is 16.2 Å². The number of carbonyl (C=O) groups excluding carboxylic acids is 2. The van der Waals surface area contributed by atoms with Gasteiger partial charge in [0.15, 0.2) is 17.5 Å². The standard InChI is InChI=1S/C31H41FN6O6/c1-19-22(11-17-37-15-9-20(10-16-37)26-23-8-7-21(32)18-25(23)44-36-26)28(39)38-14-5-6-24(27(38)35-19)42-29(40)33-12-13-34-30(41)43-31(2,3)4/h7-8,18,20,24H,5-6,9-17H2,1-4H3,(H,33,40)(H,34,41). The van der Waals surface area contributed by atoms with Crippen LogP contribution in [0.15, 0.2) is 27.5 Å². The summed E-state index contributed by atoms with van der Waals surface area (Å²) in [4.78, 5) is 44.8. The quantitative estimate of drug-likeness (QED) is 0.356. The molecule has 1 fully saturated rings. The number of rotatable bonds is 8. The van der Waals surface area contributed by atoms with Gasteiger partial charge < -0.3 is 29.5 Å². The summed E-state index contributed by atoms with van der Waals surface area (Å²) in [5, 5.41) is 10.3. The largest absolute Gasteiger partial charge is 0.444 e. The summed E-state index contributed by atoms with van der Waals surface area (Å²) >= 11 is 0. The Hall–Kier alpha value is -4.00. The van der Waals surface area contributed by atoms with Gasteiger partial charge in [0.05, 0.1) is 5.69 Å². The Morgan fingerprint density at radius 2 is 1.82 bits per heavy atom. The lowest BCUT2D eigenvalue weighted by Crippen LogP contribution is -2.40. The maximum absolute atomic E-state index is 13.5. The van der Waals surface area contributed by atoms with Crippen LogP contribution in [-0.4, -0.2) is 70.1 Å². The Kier molecular flexibility index (Phi) is 9.52. The van der Waals surface area contributed by atoms with Crippen molar-refractivity contribution in [1.29, 1.82) is 0 Å². The van der Waals surface area contributed by atoms with Gasteiger partial charge in [-0.1, -0.05) is 5.16 Å². The number of ether oxygens (including phenoxy) is 2. The number of aromatic nitrogens is 3. The number of halogens is 1. The SMILES string of the molecule is Cc1nc2n(c(=O)c1CCN1CCC(c3noc4cc(F)ccc34)CC1)CCCC2OC(=O)NCCNC(=O)OC(C)(C)C. The van der Waals surface area contributed by atoms with Crippen molar-refractivity contribution in [3.05, 3.63) is 57.1 Å². The number of hydrogen-bond donors (Lipinski definition) is 2. The fraction of sp³-hybridized carbons (Fsp3) is 0.581. The van der Waals surface area contributed by atoms with Crippen molar-refractivity contribution >= 4 is 23.2 Å². The summed E-state index contributed by atoms with van der Waals surface area (Å²) in [7, 11) is 0. The van der Waals surface area contributed by atoms with Gasteiger partial charge in [-0.05, 0) is 85.0 Å². The molecule has 2 amide bonds. The van der Waals surface area contributed by atoms with Gasteiger partial charge in [-0.3, -0.25) is 9.36 Å². The lowest BCUT2D eigenvalue weighted by atomic mass is 9.91. The Bertz CT molecular complexity index is 1560. The summed E-state index contributed by atoms with van der Waals surface area (Å²) < 4.78 is 31.3. The number of carbonyl (C=O) groups is 2. The molecule has 3 aromatic rings. The van der Waals surface area contributed by atoms with Gasteiger partial charge in [-0.25, -0.2) is 19.0 Å². The zero-order valence-electron chi connectivity index (χ0n) is 25.8. The van der Waals surface area contributed by atoms with Crippen LogP contribution in [0.5, 0.6) is 0 Å². The number of nitrogens with zero attached hydrogens (tertiary/aromatic N) is 4. The van der Waals surface area contributed by atoms with Crippen molar-refractivity contribution in [1.82, 2.24) is 30.2 Å². The van der Waals surface area contributed by atoms with Crippen LogP contribution in [0.4, 0.5) is 14.0 Å². The fourth-order valence-electron chi connectivity index (χ4n) is 5.89. The molecule has 44 heavy (non-hydrogen) atoms. The molecule has 0 saturated carbocycles. The highest BCUT2D eigenvalue weighted by Gasteiger charge is 2.29. The zero-order chi connectivity index (χ0) is 31.4. The monoisotopic (exact) mass is 612 g/mol. The first-order valence-corrected chi connectivity index (χ1v) is 15.3. The van der Waals surface area contributed by atoms with Crippen molar-refractivity contribution in [3.63, 3.8) is 0 Å². The minimum absolute atomic E-state index is 0.0843. The molecular formula is C31H41FN6O6. The van der Waals surface area contributed by atoms with E-state index < -0.39 is 23.9 Å². The molecule has 0 aliphatic carbocycles. The van der Waals surface area contributed by atoms with E-state index in [2.05, 4.69) is 20.7 Å². The Labute approximate surface area is 255 Å². The molecule has 5 rings (SSSR count). The Morgan fingerprint density at radius 3 is 2.55 bits per heavy atom. The first kappa shape index (κ1) is 31.4. The summed E-state index contributed by atoms with van der Waals surface area (Å²) in [6.45, 7) is 10.5. The predicted molar refractivity (Wildman–Crippen MR) is 160 cm³/mol. The van der Waals surface area contributed by atoms with E-state index in [0.717, 1.165) is 43.6 Å². The van der Waals surface area contributed by atoms with Crippen LogP contribution in [0, 0.1) is 12.7 Å². The van der Waals surface area contributed by atoms with Crippen LogP contribution >= 0.6 is 0 Å². The molecule has 4 heterocycles. The van der Waals surface area contributed by atoms with Crippen molar-refractivity contribution in [3.8, 4) is 0 Å². The van der Waals surface area contributed by atoms with E-state index in [-0.39, 0.29) is 30.4 Å². The smallest absolute Gasteiger partial charge is 0.407 e. The summed E-state index contributed by atoms with van der Waals surface area (Å²) in [6, 6.07) is 4.53. The van der Waals surface area contributed by atoms with E-state index in [1.807, 2.05) is 6.92 Å².